The Morgan fingerprint density at radius 2 is 1.83 bits per heavy atom. The fourth-order valence-electron chi connectivity index (χ4n) is 2.16. The molecule has 0 saturated heterocycles. The minimum atomic E-state index is 0.00656. The zero-order valence-corrected chi connectivity index (χ0v) is 10.00. The lowest BCUT2D eigenvalue weighted by molar-refractivity contribution is 0.874. The third-order valence-corrected chi connectivity index (χ3v) is 3.07. The van der Waals surface area contributed by atoms with Crippen molar-refractivity contribution in [3.63, 3.8) is 0 Å². The van der Waals surface area contributed by atoms with Crippen LogP contribution in [-0.2, 0) is 7.05 Å². The second kappa shape index (κ2) is 4.11. The Kier molecular flexibility index (Phi) is 2.45. The number of pyridine rings is 2. The minimum Gasteiger partial charge on any atom is -0.317 e. The SMILES string of the molecule is Cn1cc(-c2ccccc2)c2cnccc2c1=O. The first-order valence-electron chi connectivity index (χ1n) is 5.76. The van der Waals surface area contributed by atoms with Crippen LogP contribution in [0, 0.1) is 0 Å². The second-order valence-corrected chi connectivity index (χ2v) is 4.25. The summed E-state index contributed by atoms with van der Waals surface area (Å²) in [7, 11) is 1.77. The zero-order chi connectivity index (χ0) is 12.5. The second-order valence-electron chi connectivity index (χ2n) is 4.25. The third kappa shape index (κ3) is 1.61. The van der Waals surface area contributed by atoms with E-state index in [0.717, 1.165) is 16.5 Å². The van der Waals surface area contributed by atoms with Gasteiger partial charge in [-0.2, -0.15) is 0 Å². The van der Waals surface area contributed by atoms with E-state index in [1.165, 1.54) is 0 Å². The molecular formula is C15H12N2O. The van der Waals surface area contributed by atoms with Crippen LogP contribution in [-0.4, -0.2) is 9.55 Å². The molecule has 0 aliphatic carbocycles. The molecular weight excluding hydrogens is 224 g/mol. The lowest BCUT2D eigenvalue weighted by Crippen LogP contribution is -2.16. The molecule has 18 heavy (non-hydrogen) atoms. The highest BCUT2D eigenvalue weighted by Crippen LogP contribution is 2.25. The van der Waals surface area contributed by atoms with Crippen LogP contribution in [0.4, 0.5) is 0 Å². The molecule has 0 N–H and O–H groups in total. The molecule has 0 bridgehead atoms. The van der Waals surface area contributed by atoms with E-state index in [4.69, 9.17) is 0 Å². The summed E-state index contributed by atoms with van der Waals surface area (Å²) in [6.45, 7) is 0. The molecule has 0 spiro atoms. The average Bonchev–Trinajstić information content (AvgIpc) is 2.44. The molecule has 0 saturated carbocycles. The van der Waals surface area contributed by atoms with Crippen molar-refractivity contribution in [3.05, 3.63) is 65.3 Å². The summed E-state index contributed by atoms with van der Waals surface area (Å²) >= 11 is 0. The first kappa shape index (κ1) is 10.7. The molecule has 0 amide bonds. The van der Waals surface area contributed by atoms with Crippen molar-refractivity contribution in [2.75, 3.05) is 0 Å². The van der Waals surface area contributed by atoms with Crippen LogP contribution in [0.25, 0.3) is 21.9 Å². The molecule has 1 aromatic carbocycles. The fraction of sp³-hybridized carbons (Fsp3) is 0.0667. The number of rotatable bonds is 1. The van der Waals surface area contributed by atoms with E-state index in [9.17, 15) is 4.79 Å². The van der Waals surface area contributed by atoms with Gasteiger partial charge in [0.05, 0.1) is 5.39 Å². The van der Waals surface area contributed by atoms with Crippen LogP contribution >= 0.6 is 0 Å². The molecule has 0 aliphatic heterocycles. The summed E-state index contributed by atoms with van der Waals surface area (Å²) in [5.74, 6) is 0. The summed E-state index contributed by atoms with van der Waals surface area (Å²) in [6, 6.07) is 11.8. The molecule has 3 heteroatoms. The van der Waals surface area contributed by atoms with Gasteiger partial charge in [0.15, 0.2) is 0 Å². The van der Waals surface area contributed by atoms with Crippen LogP contribution in [0.15, 0.2) is 59.8 Å². The van der Waals surface area contributed by atoms with E-state index in [1.54, 1.807) is 30.1 Å². The summed E-state index contributed by atoms with van der Waals surface area (Å²) in [4.78, 5) is 16.2. The maximum absolute atomic E-state index is 12.0. The Morgan fingerprint density at radius 3 is 2.61 bits per heavy atom. The molecule has 0 fully saturated rings. The number of hydrogen-bond acceptors (Lipinski definition) is 2. The first-order valence-corrected chi connectivity index (χ1v) is 5.76. The zero-order valence-electron chi connectivity index (χ0n) is 10.00. The lowest BCUT2D eigenvalue weighted by Gasteiger charge is -2.08. The van der Waals surface area contributed by atoms with Crippen molar-refractivity contribution in [1.82, 2.24) is 9.55 Å². The Hall–Kier alpha value is -2.42. The smallest absolute Gasteiger partial charge is 0.258 e. The normalized spacial score (nSPS) is 10.7. The van der Waals surface area contributed by atoms with Crippen LogP contribution in [0.2, 0.25) is 0 Å². The van der Waals surface area contributed by atoms with Gasteiger partial charge >= 0.3 is 0 Å². The molecule has 2 heterocycles. The third-order valence-electron chi connectivity index (χ3n) is 3.07. The lowest BCUT2D eigenvalue weighted by atomic mass is 10.0. The summed E-state index contributed by atoms with van der Waals surface area (Å²) in [5, 5.41) is 1.60. The molecule has 3 nitrogen and oxygen atoms in total. The van der Waals surface area contributed by atoms with E-state index >= 15 is 0 Å². The van der Waals surface area contributed by atoms with Crippen LogP contribution in [0.1, 0.15) is 0 Å². The molecule has 0 radical (unpaired) electrons. The topological polar surface area (TPSA) is 34.9 Å². The van der Waals surface area contributed by atoms with E-state index in [0.29, 0.717) is 5.39 Å². The molecule has 0 aliphatic rings. The fourth-order valence-corrected chi connectivity index (χ4v) is 2.16. The quantitative estimate of drug-likeness (QED) is 0.651. The number of aryl methyl sites for hydroxylation is 1. The van der Waals surface area contributed by atoms with Gasteiger partial charge in [-0.25, -0.2) is 0 Å². The Labute approximate surface area is 104 Å². The summed E-state index contributed by atoms with van der Waals surface area (Å²) < 4.78 is 1.62. The van der Waals surface area contributed by atoms with Crippen molar-refractivity contribution in [2.45, 2.75) is 0 Å². The van der Waals surface area contributed by atoms with Crippen molar-refractivity contribution < 1.29 is 0 Å². The Bertz CT molecular complexity index is 760. The van der Waals surface area contributed by atoms with Crippen molar-refractivity contribution in [1.29, 1.82) is 0 Å². The van der Waals surface area contributed by atoms with Crippen molar-refractivity contribution in [2.24, 2.45) is 7.05 Å². The van der Waals surface area contributed by atoms with Crippen LogP contribution in [0.3, 0.4) is 0 Å². The van der Waals surface area contributed by atoms with Gasteiger partial charge in [-0.05, 0) is 11.6 Å². The molecule has 3 rings (SSSR count). The van der Waals surface area contributed by atoms with E-state index in [-0.39, 0.29) is 5.56 Å². The summed E-state index contributed by atoms with van der Waals surface area (Å²) in [5.41, 5.74) is 2.12. The molecule has 0 atom stereocenters. The van der Waals surface area contributed by atoms with Gasteiger partial charge in [0.25, 0.3) is 5.56 Å². The Morgan fingerprint density at radius 1 is 1.06 bits per heavy atom. The minimum absolute atomic E-state index is 0.00656. The highest BCUT2D eigenvalue weighted by atomic mass is 16.1. The predicted octanol–water partition coefficient (Wildman–Crippen LogP) is 2.60. The maximum atomic E-state index is 12.0. The van der Waals surface area contributed by atoms with E-state index in [2.05, 4.69) is 4.98 Å². The van der Waals surface area contributed by atoms with Gasteiger partial charge < -0.3 is 4.57 Å². The van der Waals surface area contributed by atoms with Gasteiger partial charge in [0.2, 0.25) is 0 Å². The number of hydrogen-bond donors (Lipinski definition) is 0. The van der Waals surface area contributed by atoms with E-state index < -0.39 is 0 Å². The first-order chi connectivity index (χ1) is 8.77. The van der Waals surface area contributed by atoms with Crippen molar-refractivity contribution >= 4 is 10.8 Å². The predicted molar refractivity (Wildman–Crippen MR) is 72.4 cm³/mol. The van der Waals surface area contributed by atoms with Gasteiger partial charge in [-0.15, -0.1) is 0 Å². The maximum Gasteiger partial charge on any atom is 0.258 e. The largest absolute Gasteiger partial charge is 0.317 e. The average molecular weight is 236 g/mol. The molecule has 0 unspecified atom stereocenters. The molecule has 2 aromatic heterocycles. The number of aromatic nitrogens is 2. The van der Waals surface area contributed by atoms with E-state index in [1.807, 2.05) is 36.5 Å². The standard InChI is InChI=1S/C15H12N2O/c1-17-10-14(11-5-3-2-4-6-11)13-9-16-8-7-12(13)15(17)18/h2-10H,1H3. The van der Waals surface area contributed by atoms with Gasteiger partial charge in [0.1, 0.15) is 0 Å². The van der Waals surface area contributed by atoms with Crippen LogP contribution < -0.4 is 5.56 Å². The Balaban J connectivity index is 2.44. The number of fused-ring (bicyclic) bond motifs is 1. The highest BCUT2D eigenvalue weighted by molar-refractivity contribution is 5.95. The van der Waals surface area contributed by atoms with Crippen LogP contribution in [0.5, 0.6) is 0 Å². The molecule has 88 valence electrons. The van der Waals surface area contributed by atoms with Crippen molar-refractivity contribution in [3.8, 4) is 11.1 Å². The monoisotopic (exact) mass is 236 g/mol. The highest BCUT2D eigenvalue weighted by Gasteiger charge is 2.08. The number of nitrogens with zero attached hydrogens (tertiary/aromatic N) is 2. The molecule has 3 aromatic rings. The number of benzene rings is 1. The van der Waals surface area contributed by atoms with Gasteiger partial charge in [-0.1, -0.05) is 30.3 Å². The van der Waals surface area contributed by atoms with Gasteiger partial charge in [-0.3, -0.25) is 9.78 Å². The summed E-state index contributed by atoms with van der Waals surface area (Å²) in [6.07, 6.45) is 5.26. The van der Waals surface area contributed by atoms with Gasteiger partial charge in [0, 0.05) is 36.6 Å².